The molecule has 1 amide bonds. The van der Waals surface area contributed by atoms with Crippen molar-refractivity contribution in [2.75, 3.05) is 18.1 Å². The predicted octanol–water partition coefficient (Wildman–Crippen LogP) is 1.12. The van der Waals surface area contributed by atoms with Crippen LogP contribution >= 0.6 is 0 Å². The van der Waals surface area contributed by atoms with E-state index in [4.69, 9.17) is 0 Å². The van der Waals surface area contributed by atoms with Crippen molar-refractivity contribution in [3.05, 3.63) is 41.7 Å². The number of carbonyl (C=O) groups is 1. The van der Waals surface area contributed by atoms with Crippen LogP contribution in [0.15, 0.2) is 36.2 Å². The van der Waals surface area contributed by atoms with Gasteiger partial charge >= 0.3 is 0 Å². The second-order valence-electron chi connectivity index (χ2n) is 4.68. The van der Waals surface area contributed by atoms with Crippen LogP contribution < -0.4 is 10.2 Å². The van der Waals surface area contributed by atoms with E-state index in [0.29, 0.717) is 0 Å². The van der Waals surface area contributed by atoms with Gasteiger partial charge in [-0.05, 0) is 18.6 Å². The molecule has 1 aromatic rings. The maximum absolute atomic E-state index is 12.4. The van der Waals surface area contributed by atoms with Gasteiger partial charge in [0.05, 0.1) is 29.7 Å². The number of carbonyl (C=O) groups excluding carboxylic acids is 1. The normalized spacial score (nSPS) is 25.1. The summed E-state index contributed by atoms with van der Waals surface area (Å²) in [5.74, 6) is 0.173. The molecular weight excluding hydrogens is 214 g/mol. The molecule has 17 heavy (non-hydrogen) atoms. The zero-order chi connectivity index (χ0) is 11.4. The second kappa shape index (κ2) is 3.03. The molecule has 4 rings (SSSR count). The van der Waals surface area contributed by atoms with Crippen LogP contribution in [0.4, 0.5) is 5.69 Å². The first-order valence-corrected chi connectivity index (χ1v) is 5.97. The molecule has 1 fully saturated rings. The van der Waals surface area contributed by atoms with Crippen LogP contribution in [-0.2, 0) is 0 Å². The second-order valence-corrected chi connectivity index (χ2v) is 4.68. The lowest BCUT2D eigenvalue weighted by Crippen LogP contribution is -2.52. The SMILES string of the molecule is O=C1c2ccccc2N2CNC=C2C2CCN12. The third-order valence-corrected chi connectivity index (χ3v) is 3.86. The van der Waals surface area contributed by atoms with E-state index in [1.165, 1.54) is 5.70 Å². The summed E-state index contributed by atoms with van der Waals surface area (Å²) in [4.78, 5) is 16.6. The maximum Gasteiger partial charge on any atom is 0.256 e. The van der Waals surface area contributed by atoms with Crippen molar-refractivity contribution in [2.24, 2.45) is 0 Å². The molecule has 1 unspecified atom stereocenters. The molecule has 86 valence electrons. The zero-order valence-corrected chi connectivity index (χ0v) is 9.39. The Morgan fingerprint density at radius 2 is 2.18 bits per heavy atom. The van der Waals surface area contributed by atoms with Crippen molar-refractivity contribution in [1.82, 2.24) is 10.2 Å². The summed E-state index contributed by atoms with van der Waals surface area (Å²) in [5, 5.41) is 3.26. The van der Waals surface area contributed by atoms with Crippen molar-refractivity contribution in [3.63, 3.8) is 0 Å². The summed E-state index contributed by atoms with van der Waals surface area (Å²) in [6, 6.07) is 8.15. The van der Waals surface area contributed by atoms with Crippen LogP contribution in [-0.4, -0.2) is 30.1 Å². The van der Waals surface area contributed by atoms with Crippen molar-refractivity contribution in [3.8, 4) is 0 Å². The number of nitrogens with one attached hydrogen (secondary N) is 1. The molecule has 0 aliphatic carbocycles. The van der Waals surface area contributed by atoms with Crippen LogP contribution in [0.1, 0.15) is 16.8 Å². The van der Waals surface area contributed by atoms with Gasteiger partial charge in [0.2, 0.25) is 0 Å². The minimum atomic E-state index is 0.173. The van der Waals surface area contributed by atoms with E-state index in [0.717, 1.165) is 30.9 Å². The average molecular weight is 227 g/mol. The van der Waals surface area contributed by atoms with Crippen LogP contribution in [0.5, 0.6) is 0 Å². The van der Waals surface area contributed by atoms with Crippen molar-refractivity contribution < 1.29 is 4.79 Å². The smallest absolute Gasteiger partial charge is 0.256 e. The van der Waals surface area contributed by atoms with Crippen LogP contribution in [0.3, 0.4) is 0 Å². The number of anilines is 1. The Morgan fingerprint density at radius 3 is 3.00 bits per heavy atom. The molecule has 4 nitrogen and oxygen atoms in total. The molecule has 0 aromatic heterocycles. The molecule has 3 heterocycles. The fraction of sp³-hybridized carbons (Fsp3) is 0.308. The zero-order valence-electron chi connectivity index (χ0n) is 9.39. The molecular formula is C13H13N3O. The minimum Gasteiger partial charge on any atom is -0.372 e. The fourth-order valence-electron chi connectivity index (χ4n) is 2.89. The van der Waals surface area contributed by atoms with Gasteiger partial charge in [0.15, 0.2) is 0 Å². The molecule has 3 aliphatic rings. The van der Waals surface area contributed by atoms with E-state index in [2.05, 4.69) is 10.2 Å². The van der Waals surface area contributed by atoms with E-state index < -0.39 is 0 Å². The van der Waals surface area contributed by atoms with Gasteiger partial charge in [0, 0.05) is 12.7 Å². The number of benzene rings is 1. The Labute approximate surface area is 99.5 Å². The lowest BCUT2D eigenvalue weighted by molar-refractivity contribution is 0.0540. The lowest BCUT2D eigenvalue weighted by Gasteiger charge is -2.41. The molecule has 1 N–H and O–H groups in total. The maximum atomic E-state index is 12.4. The van der Waals surface area contributed by atoms with Crippen LogP contribution in [0.2, 0.25) is 0 Å². The van der Waals surface area contributed by atoms with Gasteiger partial charge < -0.3 is 15.1 Å². The predicted molar refractivity (Wildman–Crippen MR) is 64.4 cm³/mol. The van der Waals surface area contributed by atoms with Gasteiger partial charge in [-0.2, -0.15) is 0 Å². The Bertz CT molecular complexity index is 537. The standard InChI is InChI=1S/C13H13N3O/c17-13-9-3-1-2-4-10(9)16-8-14-7-12(16)11-5-6-15(11)13/h1-4,7,11,14H,5-6,8H2. The Balaban J connectivity index is 1.94. The van der Waals surface area contributed by atoms with Gasteiger partial charge in [-0.3, -0.25) is 4.79 Å². The first-order chi connectivity index (χ1) is 8.36. The highest BCUT2D eigenvalue weighted by Gasteiger charge is 2.42. The number of para-hydroxylation sites is 1. The molecule has 3 aliphatic heterocycles. The topological polar surface area (TPSA) is 35.6 Å². The van der Waals surface area contributed by atoms with E-state index in [-0.39, 0.29) is 11.9 Å². The van der Waals surface area contributed by atoms with E-state index >= 15 is 0 Å². The Morgan fingerprint density at radius 1 is 1.29 bits per heavy atom. The number of hydrogen-bond donors (Lipinski definition) is 1. The van der Waals surface area contributed by atoms with Gasteiger partial charge in [-0.25, -0.2) is 0 Å². The fourth-order valence-corrected chi connectivity index (χ4v) is 2.89. The van der Waals surface area contributed by atoms with Gasteiger partial charge in [-0.1, -0.05) is 12.1 Å². The highest BCUT2D eigenvalue weighted by molar-refractivity contribution is 6.02. The highest BCUT2D eigenvalue weighted by atomic mass is 16.2. The van der Waals surface area contributed by atoms with Gasteiger partial charge in [0.1, 0.15) is 0 Å². The lowest BCUT2D eigenvalue weighted by atomic mass is 10.00. The molecule has 0 spiro atoms. The van der Waals surface area contributed by atoms with Gasteiger partial charge in [0.25, 0.3) is 5.91 Å². The third-order valence-electron chi connectivity index (χ3n) is 3.86. The molecule has 4 heteroatoms. The molecule has 0 saturated carbocycles. The number of nitrogens with zero attached hydrogens (tertiary/aromatic N) is 2. The van der Waals surface area contributed by atoms with E-state index in [9.17, 15) is 4.79 Å². The first kappa shape index (κ1) is 9.10. The molecule has 1 atom stereocenters. The summed E-state index contributed by atoms with van der Waals surface area (Å²) >= 11 is 0. The minimum absolute atomic E-state index is 0.173. The summed E-state index contributed by atoms with van der Waals surface area (Å²) < 4.78 is 0. The average Bonchev–Trinajstić information content (AvgIpc) is 2.74. The van der Waals surface area contributed by atoms with Crippen molar-refractivity contribution in [2.45, 2.75) is 12.5 Å². The number of amides is 1. The quantitative estimate of drug-likeness (QED) is 0.721. The molecule has 0 radical (unpaired) electrons. The summed E-state index contributed by atoms with van der Waals surface area (Å²) in [7, 11) is 0. The van der Waals surface area contributed by atoms with Crippen molar-refractivity contribution in [1.29, 1.82) is 0 Å². The van der Waals surface area contributed by atoms with E-state index in [1.54, 1.807) is 0 Å². The van der Waals surface area contributed by atoms with Crippen molar-refractivity contribution >= 4 is 11.6 Å². The number of fused-ring (bicyclic) bond motifs is 5. The monoisotopic (exact) mass is 227 g/mol. The molecule has 1 aromatic carbocycles. The summed E-state index contributed by atoms with van der Waals surface area (Å²) in [6.45, 7) is 1.65. The van der Waals surface area contributed by atoms with Gasteiger partial charge in [-0.15, -0.1) is 0 Å². The third kappa shape index (κ3) is 1.05. The van der Waals surface area contributed by atoms with E-state index in [1.807, 2.05) is 35.4 Å². The van der Waals surface area contributed by atoms with Crippen LogP contribution in [0.25, 0.3) is 0 Å². The highest BCUT2D eigenvalue weighted by Crippen LogP contribution is 2.38. The number of rotatable bonds is 0. The molecule has 0 bridgehead atoms. The Kier molecular flexibility index (Phi) is 1.62. The molecule has 1 saturated heterocycles. The Hall–Kier alpha value is -1.97. The largest absolute Gasteiger partial charge is 0.372 e. The van der Waals surface area contributed by atoms with Crippen LogP contribution in [0, 0.1) is 0 Å². The summed E-state index contributed by atoms with van der Waals surface area (Å²) in [6.07, 6.45) is 3.12. The summed E-state index contributed by atoms with van der Waals surface area (Å²) in [5.41, 5.74) is 3.09. The first-order valence-electron chi connectivity index (χ1n) is 5.97. The number of hydrogen-bond acceptors (Lipinski definition) is 3.